The average molecular weight is 300 g/mol. The lowest BCUT2D eigenvalue weighted by Crippen LogP contribution is -2.31. The van der Waals surface area contributed by atoms with Gasteiger partial charge in [-0.25, -0.2) is 8.78 Å². The number of fused-ring (bicyclic) bond motifs is 3. The van der Waals surface area contributed by atoms with E-state index in [1.807, 2.05) is 0 Å². The van der Waals surface area contributed by atoms with Crippen LogP contribution in [0.5, 0.6) is 0 Å². The summed E-state index contributed by atoms with van der Waals surface area (Å²) in [5.41, 5.74) is 5.83. The zero-order valence-corrected chi connectivity index (χ0v) is 12.5. The summed E-state index contributed by atoms with van der Waals surface area (Å²) in [5.74, 6) is -0.995. The predicted octanol–water partition coefficient (Wildman–Crippen LogP) is 3.51. The third kappa shape index (κ3) is 2.18. The molecule has 2 heterocycles. The molecule has 2 nitrogen and oxygen atoms in total. The molecule has 2 aromatic carbocycles. The Morgan fingerprint density at radius 3 is 2.64 bits per heavy atom. The molecule has 0 bridgehead atoms. The zero-order chi connectivity index (χ0) is 15.3. The quantitative estimate of drug-likeness (QED) is 0.867. The predicted molar refractivity (Wildman–Crippen MR) is 83.2 cm³/mol. The van der Waals surface area contributed by atoms with Crippen LogP contribution in [0, 0.1) is 11.6 Å². The first-order valence-electron chi connectivity index (χ1n) is 7.65. The molecule has 0 saturated carbocycles. The van der Waals surface area contributed by atoms with Crippen LogP contribution in [0.15, 0.2) is 30.3 Å². The first-order valence-corrected chi connectivity index (χ1v) is 7.65. The van der Waals surface area contributed by atoms with Crippen LogP contribution in [-0.2, 0) is 13.0 Å². The van der Waals surface area contributed by atoms with E-state index in [1.165, 1.54) is 34.5 Å². The summed E-state index contributed by atoms with van der Waals surface area (Å²) in [6.07, 6.45) is 1.02. The van der Waals surface area contributed by atoms with Crippen LogP contribution >= 0.6 is 0 Å². The average Bonchev–Trinajstić information content (AvgIpc) is 2.94. The van der Waals surface area contributed by atoms with Crippen molar-refractivity contribution in [2.24, 2.45) is 0 Å². The Hall–Kier alpha value is -1.94. The zero-order valence-electron chi connectivity index (χ0n) is 12.5. The first kappa shape index (κ1) is 13.7. The standard InChI is InChI=1S/C18H18F2N2/c1-22-9-16(11-6-12(19)8-13(20)7-11)14-2-3-18-15(4-5-21-18)17(14)10-22/h2-3,6-8,16,21H,4-5,9-10H2,1H3/t16-/m0/s1. The van der Waals surface area contributed by atoms with Crippen molar-refractivity contribution >= 4 is 5.69 Å². The van der Waals surface area contributed by atoms with Crippen LogP contribution in [0.3, 0.4) is 0 Å². The maximum atomic E-state index is 13.6. The van der Waals surface area contributed by atoms with Gasteiger partial charge in [0.25, 0.3) is 0 Å². The Kier molecular flexibility index (Phi) is 3.15. The van der Waals surface area contributed by atoms with Crippen molar-refractivity contribution in [2.45, 2.75) is 18.9 Å². The molecule has 4 rings (SSSR count). The van der Waals surface area contributed by atoms with Gasteiger partial charge in [0.2, 0.25) is 0 Å². The van der Waals surface area contributed by atoms with Gasteiger partial charge in [-0.1, -0.05) is 6.07 Å². The summed E-state index contributed by atoms with van der Waals surface area (Å²) >= 11 is 0. The highest BCUT2D eigenvalue weighted by Gasteiger charge is 2.29. The van der Waals surface area contributed by atoms with Crippen molar-refractivity contribution in [2.75, 3.05) is 25.5 Å². The number of hydrogen-bond donors (Lipinski definition) is 1. The van der Waals surface area contributed by atoms with E-state index in [0.29, 0.717) is 0 Å². The van der Waals surface area contributed by atoms with Crippen LogP contribution in [0.4, 0.5) is 14.5 Å². The maximum Gasteiger partial charge on any atom is 0.126 e. The Morgan fingerprint density at radius 1 is 1.09 bits per heavy atom. The van der Waals surface area contributed by atoms with E-state index in [2.05, 4.69) is 29.4 Å². The van der Waals surface area contributed by atoms with Gasteiger partial charge in [-0.05, 0) is 53.9 Å². The smallest absolute Gasteiger partial charge is 0.126 e. The van der Waals surface area contributed by atoms with Crippen molar-refractivity contribution in [3.8, 4) is 0 Å². The van der Waals surface area contributed by atoms with E-state index in [4.69, 9.17) is 0 Å². The number of nitrogens with zero attached hydrogens (tertiary/aromatic N) is 1. The molecule has 0 unspecified atom stereocenters. The highest BCUT2D eigenvalue weighted by Crippen LogP contribution is 2.39. The fraction of sp³-hybridized carbons (Fsp3) is 0.333. The van der Waals surface area contributed by atoms with E-state index in [9.17, 15) is 8.78 Å². The molecule has 2 aromatic rings. The monoisotopic (exact) mass is 300 g/mol. The van der Waals surface area contributed by atoms with Gasteiger partial charge in [-0.15, -0.1) is 0 Å². The number of likely N-dealkylation sites (N-methyl/N-ethyl adjacent to an activating group) is 1. The molecule has 0 saturated heterocycles. The van der Waals surface area contributed by atoms with E-state index in [0.717, 1.165) is 37.7 Å². The van der Waals surface area contributed by atoms with Crippen molar-refractivity contribution < 1.29 is 8.78 Å². The third-order valence-electron chi connectivity index (χ3n) is 4.74. The van der Waals surface area contributed by atoms with E-state index < -0.39 is 11.6 Å². The molecule has 0 amide bonds. The molecule has 0 radical (unpaired) electrons. The van der Waals surface area contributed by atoms with E-state index in [-0.39, 0.29) is 5.92 Å². The second kappa shape index (κ2) is 5.06. The number of rotatable bonds is 1. The molecule has 1 N–H and O–H groups in total. The third-order valence-corrected chi connectivity index (χ3v) is 4.74. The second-order valence-electron chi connectivity index (χ2n) is 6.29. The van der Waals surface area contributed by atoms with Gasteiger partial charge in [-0.3, -0.25) is 0 Å². The Bertz CT molecular complexity index is 722. The summed E-state index contributed by atoms with van der Waals surface area (Å²) < 4.78 is 27.2. The summed E-state index contributed by atoms with van der Waals surface area (Å²) in [4.78, 5) is 2.23. The summed E-state index contributed by atoms with van der Waals surface area (Å²) in [6.45, 7) is 2.64. The molecule has 22 heavy (non-hydrogen) atoms. The molecule has 0 fully saturated rings. The Morgan fingerprint density at radius 2 is 1.86 bits per heavy atom. The molecule has 0 aliphatic carbocycles. The maximum absolute atomic E-state index is 13.6. The number of anilines is 1. The van der Waals surface area contributed by atoms with Crippen LogP contribution in [-0.4, -0.2) is 25.0 Å². The molecule has 1 atom stereocenters. The highest BCUT2D eigenvalue weighted by molar-refractivity contribution is 5.62. The number of hydrogen-bond acceptors (Lipinski definition) is 2. The van der Waals surface area contributed by atoms with Crippen LogP contribution in [0.2, 0.25) is 0 Å². The SMILES string of the molecule is CN1Cc2c(ccc3c2CCN3)[C@H](c2cc(F)cc(F)c2)C1. The van der Waals surface area contributed by atoms with E-state index >= 15 is 0 Å². The molecule has 2 aliphatic heterocycles. The normalized spacial score (nSPS) is 20.4. The summed E-state index contributed by atoms with van der Waals surface area (Å²) in [6, 6.07) is 8.08. The Balaban J connectivity index is 1.86. The van der Waals surface area contributed by atoms with Crippen molar-refractivity contribution in [1.82, 2.24) is 4.90 Å². The lowest BCUT2D eigenvalue weighted by atomic mass is 9.82. The van der Waals surface area contributed by atoms with E-state index in [1.54, 1.807) is 0 Å². The minimum atomic E-state index is -0.507. The highest BCUT2D eigenvalue weighted by atomic mass is 19.1. The van der Waals surface area contributed by atoms with Crippen molar-refractivity contribution in [1.29, 1.82) is 0 Å². The van der Waals surface area contributed by atoms with Crippen LogP contribution < -0.4 is 5.32 Å². The van der Waals surface area contributed by atoms with Gasteiger partial charge in [0.05, 0.1) is 0 Å². The lowest BCUT2D eigenvalue weighted by molar-refractivity contribution is 0.294. The molecule has 2 aliphatic rings. The summed E-state index contributed by atoms with van der Waals surface area (Å²) in [5, 5.41) is 3.40. The van der Waals surface area contributed by atoms with Crippen molar-refractivity contribution in [3.05, 3.63) is 64.2 Å². The van der Waals surface area contributed by atoms with Crippen molar-refractivity contribution in [3.63, 3.8) is 0 Å². The molecular weight excluding hydrogens is 282 g/mol. The molecule has 0 aromatic heterocycles. The van der Waals surface area contributed by atoms with Gasteiger partial charge >= 0.3 is 0 Å². The lowest BCUT2D eigenvalue weighted by Gasteiger charge is -2.34. The molecule has 0 spiro atoms. The fourth-order valence-corrected chi connectivity index (χ4v) is 3.80. The van der Waals surface area contributed by atoms with Crippen LogP contribution in [0.1, 0.15) is 28.2 Å². The van der Waals surface area contributed by atoms with Gasteiger partial charge < -0.3 is 10.2 Å². The summed E-state index contributed by atoms with van der Waals surface area (Å²) in [7, 11) is 2.06. The van der Waals surface area contributed by atoms with Gasteiger partial charge in [0.15, 0.2) is 0 Å². The molecule has 114 valence electrons. The minimum Gasteiger partial charge on any atom is -0.384 e. The number of halogens is 2. The topological polar surface area (TPSA) is 15.3 Å². The second-order valence-corrected chi connectivity index (χ2v) is 6.29. The largest absolute Gasteiger partial charge is 0.384 e. The van der Waals surface area contributed by atoms with Crippen LogP contribution in [0.25, 0.3) is 0 Å². The number of benzene rings is 2. The minimum absolute atomic E-state index is 0.0184. The number of nitrogens with one attached hydrogen (secondary N) is 1. The Labute approximate surface area is 128 Å². The van der Waals surface area contributed by atoms with Gasteiger partial charge in [0.1, 0.15) is 11.6 Å². The van der Waals surface area contributed by atoms with Gasteiger partial charge in [-0.2, -0.15) is 0 Å². The first-order chi connectivity index (χ1) is 10.6. The molecule has 4 heteroatoms. The fourth-order valence-electron chi connectivity index (χ4n) is 3.80. The molecular formula is C18H18F2N2. The van der Waals surface area contributed by atoms with Gasteiger partial charge in [0, 0.05) is 37.3 Å².